The second-order valence-electron chi connectivity index (χ2n) is 4.56. The van der Waals surface area contributed by atoms with Gasteiger partial charge in [-0.2, -0.15) is 5.10 Å². The number of nitrogens with one attached hydrogen (secondary N) is 1. The van der Waals surface area contributed by atoms with Gasteiger partial charge in [-0.15, -0.1) is 6.42 Å². The maximum absolute atomic E-state index is 12.2. The fraction of sp³-hybridized carbons (Fsp3) is 0.250. The second-order valence-corrected chi connectivity index (χ2v) is 4.97. The van der Waals surface area contributed by atoms with E-state index in [0.29, 0.717) is 17.3 Å². The van der Waals surface area contributed by atoms with Crippen molar-refractivity contribution < 1.29 is 0 Å². The van der Waals surface area contributed by atoms with Crippen LogP contribution in [-0.2, 0) is 19.5 Å². The van der Waals surface area contributed by atoms with Crippen molar-refractivity contribution in [3.63, 3.8) is 0 Å². The van der Waals surface area contributed by atoms with Crippen LogP contribution >= 0.6 is 11.6 Å². The molecule has 0 saturated carbocycles. The molecule has 0 fully saturated rings. The van der Waals surface area contributed by atoms with Crippen molar-refractivity contribution in [1.82, 2.24) is 9.78 Å². The molecule has 1 N–H and O–H groups in total. The minimum Gasteiger partial charge on any atom is -0.375 e. The molecule has 0 radical (unpaired) electrons. The van der Waals surface area contributed by atoms with Crippen LogP contribution in [0.25, 0.3) is 0 Å². The average molecular weight is 302 g/mol. The van der Waals surface area contributed by atoms with Crippen molar-refractivity contribution >= 4 is 17.3 Å². The summed E-state index contributed by atoms with van der Waals surface area (Å²) in [5.74, 6) is 2.39. The van der Waals surface area contributed by atoms with Crippen LogP contribution in [0.1, 0.15) is 18.1 Å². The van der Waals surface area contributed by atoms with Gasteiger partial charge in [0.05, 0.1) is 11.2 Å². The number of benzene rings is 1. The molecule has 21 heavy (non-hydrogen) atoms. The molecule has 0 aliphatic carbocycles. The van der Waals surface area contributed by atoms with Crippen LogP contribution in [0.5, 0.6) is 0 Å². The quantitative estimate of drug-likeness (QED) is 0.864. The summed E-state index contributed by atoms with van der Waals surface area (Å²) in [4.78, 5) is 12.2. The topological polar surface area (TPSA) is 46.9 Å². The van der Waals surface area contributed by atoms with Crippen molar-refractivity contribution in [1.29, 1.82) is 0 Å². The SMILES string of the molecule is C#CCn1ncc(Cl)c(NCc2ccc(CC)cc2)c1=O. The number of terminal acetylenes is 1. The van der Waals surface area contributed by atoms with Crippen LogP contribution in [0.4, 0.5) is 5.69 Å². The first kappa shape index (κ1) is 15.1. The Hall–Kier alpha value is -2.25. The van der Waals surface area contributed by atoms with Crippen LogP contribution < -0.4 is 10.9 Å². The Morgan fingerprint density at radius 1 is 1.33 bits per heavy atom. The molecule has 0 aliphatic heterocycles. The number of anilines is 1. The number of nitrogens with zero attached hydrogens (tertiary/aromatic N) is 2. The van der Waals surface area contributed by atoms with E-state index in [-0.39, 0.29) is 12.1 Å². The summed E-state index contributed by atoms with van der Waals surface area (Å²) in [6.07, 6.45) is 7.63. The number of hydrogen-bond acceptors (Lipinski definition) is 3. The first-order valence-corrected chi connectivity index (χ1v) is 7.04. The Morgan fingerprint density at radius 2 is 2.00 bits per heavy atom. The summed E-state index contributed by atoms with van der Waals surface area (Å²) in [5.41, 5.74) is 2.35. The molecule has 1 heterocycles. The smallest absolute Gasteiger partial charge is 0.292 e. The van der Waals surface area contributed by atoms with Gasteiger partial charge in [-0.3, -0.25) is 4.79 Å². The molecule has 1 aromatic heterocycles. The number of halogens is 1. The molecule has 0 amide bonds. The maximum atomic E-state index is 12.2. The predicted molar refractivity (Wildman–Crippen MR) is 85.5 cm³/mol. The zero-order chi connectivity index (χ0) is 15.2. The van der Waals surface area contributed by atoms with E-state index < -0.39 is 0 Å². The lowest BCUT2D eigenvalue weighted by atomic mass is 10.1. The van der Waals surface area contributed by atoms with E-state index in [9.17, 15) is 4.79 Å². The van der Waals surface area contributed by atoms with Crippen LogP contribution in [0, 0.1) is 12.3 Å². The summed E-state index contributed by atoms with van der Waals surface area (Å²) in [7, 11) is 0. The van der Waals surface area contributed by atoms with E-state index in [1.807, 2.05) is 12.1 Å². The molecular weight excluding hydrogens is 286 g/mol. The highest BCUT2D eigenvalue weighted by atomic mass is 35.5. The molecular formula is C16H16ClN3O. The van der Waals surface area contributed by atoms with E-state index in [2.05, 4.69) is 35.4 Å². The Labute approximate surface area is 128 Å². The van der Waals surface area contributed by atoms with Gasteiger partial charge in [0.25, 0.3) is 5.56 Å². The molecule has 0 aliphatic rings. The van der Waals surface area contributed by atoms with Crippen molar-refractivity contribution in [3.8, 4) is 12.3 Å². The first-order chi connectivity index (χ1) is 10.2. The van der Waals surface area contributed by atoms with Crippen molar-refractivity contribution in [2.24, 2.45) is 0 Å². The number of aromatic nitrogens is 2. The molecule has 108 valence electrons. The fourth-order valence-corrected chi connectivity index (χ4v) is 2.10. The third-order valence-electron chi connectivity index (χ3n) is 3.14. The highest BCUT2D eigenvalue weighted by Gasteiger charge is 2.09. The molecule has 2 rings (SSSR count). The predicted octanol–water partition coefficient (Wildman–Crippen LogP) is 2.70. The molecule has 0 unspecified atom stereocenters. The van der Waals surface area contributed by atoms with Gasteiger partial charge in [0, 0.05) is 6.54 Å². The van der Waals surface area contributed by atoms with Gasteiger partial charge in [0.15, 0.2) is 0 Å². The fourth-order valence-electron chi connectivity index (χ4n) is 1.91. The van der Waals surface area contributed by atoms with Gasteiger partial charge in [-0.25, -0.2) is 4.68 Å². The highest BCUT2D eigenvalue weighted by molar-refractivity contribution is 6.32. The molecule has 5 heteroatoms. The Bertz CT molecular complexity index is 714. The normalized spacial score (nSPS) is 10.1. The third kappa shape index (κ3) is 3.65. The number of rotatable bonds is 5. The van der Waals surface area contributed by atoms with Crippen LogP contribution in [0.3, 0.4) is 0 Å². The summed E-state index contributed by atoms with van der Waals surface area (Å²) >= 11 is 6.03. The lowest BCUT2D eigenvalue weighted by molar-refractivity contribution is 0.664. The minimum absolute atomic E-state index is 0.121. The summed E-state index contributed by atoms with van der Waals surface area (Å²) in [5, 5.41) is 7.25. The summed E-state index contributed by atoms with van der Waals surface area (Å²) < 4.78 is 1.20. The maximum Gasteiger partial charge on any atom is 0.292 e. The lowest BCUT2D eigenvalue weighted by Gasteiger charge is -2.10. The van der Waals surface area contributed by atoms with E-state index >= 15 is 0 Å². The van der Waals surface area contributed by atoms with E-state index in [1.54, 1.807) is 0 Å². The van der Waals surface area contributed by atoms with Crippen LogP contribution in [-0.4, -0.2) is 9.78 Å². The Morgan fingerprint density at radius 3 is 2.62 bits per heavy atom. The summed E-state index contributed by atoms with van der Waals surface area (Å²) in [6.45, 7) is 2.74. The van der Waals surface area contributed by atoms with Gasteiger partial charge in [0.1, 0.15) is 12.2 Å². The van der Waals surface area contributed by atoms with E-state index in [1.165, 1.54) is 16.4 Å². The average Bonchev–Trinajstić information content (AvgIpc) is 2.51. The van der Waals surface area contributed by atoms with Crippen molar-refractivity contribution in [3.05, 3.63) is 57.0 Å². The Kier molecular flexibility index (Phi) is 5.02. The zero-order valence-corrected chi connectivity index (χ0v) is 12.5. The van der Waals surface area contributed by atoms with E-state index in [0.717, 1.165) is 12.0 Å². The van der Waals surface area contributed by atoms with Gasteiger partial charge in [-0.05, 0) is 17.5 Å². The van der Waals surface area contributed by atoms with Gasteiger partial charge >= 0.3 is 0 Å². The molecule has 0 atom stereocenters. The molecule has 1 aromatic carbocycles. The van der Waals surface area contributed by atoms with Crippen LogP contribution in [0.2, 0.25) is 5.02 Å². The molecule has 2 aromatic rings. The molecule has 0 bridgehead atoms. The van der Waals surface area contributed by atoms with E-state index in [4.69, 9.17) is 18.0 Å². The lowest BCUT2D eigenvalue weighted by Crippen LogP contribution is -2.25. The third-order valence-corrected chi connectivity index (χ3v) is 3.43. The first-order valence-electron chi connectivity index (χ1n) is 6.66. The zero-order valence-electron chi connectivity index (χ0n) is 11.8. The van der Waals surface area contributed by atoms with Crippen LogP contribution in [0.15, 0.2) is 35.3 Å². The van der Waals surface area contributed by atoms with Crippen molar-refractivity contribution in [2.45, 2.75) is 26.4 Å². The standard InChI is InChI=1S/C16H16ClN3O/c1-3-9-20-16(21)15(14(17)11-19-20)18-10-13-7-5-12(4-2)6-8-13/h1,5-8,11,18H,4,9-10H2,2H3. The monoisotopic (exact) mass is 301 g/mol. The largest absolute Gasteiger partial charge is 0.375 e. The summed E-state index contributed by atoms with van der Waals surface area (Å²) in [6, 6.07) is 8.20. The highest BCUT2D eigenvalue weighted by Crippen LogP contribution is 2.16. The Balaban J connectivity index is 2.17. The second kappa shape index (κ2) is 6.96. The minimum atomic E-state index is -0.314. The number of hydrogen-bond donors (Lipinski definition) is 1. The number of aryl methyl sites for hydroxylation is 1. The van der Waals surface area contributed by atoms with Gasteiger partial charge in [0.2, 0.25) is 0 Å². The van der Waals surface area contributed by atoms with Gasteiger partial charge < -0.3 is 5.32 Å². The molecule has 0 saturated heterocycles. The van der Waals surface area contributed by atoms with Crippen molar-refractivity contribution in [2.75, 3.05) is 5.32 Å². The van der Waals surface area contributed by atoms with Gasteiger partial charge in [-0.1, -0.05) is 48.7 Å². The molecule has 4 nitrogen and oxygen atoms in total. The molecule has 0 spiro atoms.